The Morgan fingerprint density at radius 1 is 1.14 bits per heavy atom. The minimum Gasteiger partial charge on any atom is -0.376 e. The molecule has 0 bridgehead atoms. The molecule has 160 valence electrons. The zero-order valence-electron chi connectivity index (χ0n) is 17.6. The summed E-state index contributed by atoms with van der Waals surface area (Å²) < 4.78 is 5.81. The van der Waals surface area contributed by atoms with Crippen molar-refractivity contribution in [2.45, 2.75) is 45.3 Å². The van der Waals surface area contributed by atoms with E-state index in [1.54, 1.807) is 18.2 Å². The van der Waals surface area contributed by atoms with E-state index in [1.165, 1.54) is 6.42 Å². The van der Waals surface area contributed by atoms with Crippen LogP contribution in [0.1, 0.15) is 43.5 Å². The molecule has 7 nitrogen and oxygen atoms in total. The van der Waals surface area contributed by atoms with E-state index in [9.17, 15) is 9.59 Å². The third kappa shape index (κ3) is 6.18. The molecular formula is C22H34N4O3. The van der Waals surface area contributed by atoms with Gasteiger partial charge in [-0.05, 0) is 57.7 Å². The molecule has 0 aromatic heterocycles. The van der Waals surface area contributed by atoms with Gasteiger partial charge in [-0.25, -0.2) is 0 Å². The summed E-state index contributed by atoms with van der Waals surface area (Å²) in [6.45, 7) is 9.21. The lowest BCUT2D eigenvalue weighted by molar-refractivity contribution is -0.130. The Labute approximate surface area is 173 Å². The number of morpholine rings is 1. The number of benzene rings is 1. The molecule has 2 atom stereocenters. The van der Waals surface area contributed by atoms with Gasteiger partial charge in [-0.1, -0.05) is 12.1 Å². The molecule has 2 amide bonds. The Morgan fingerprint density at radius 3 is 2.45 bits per heavy atom. The van der Waals surface area contributed by atoms with Crippen molar-refractivity contribution in [2.75, 3.05) is 44.6 Å². The van der Waals surface area contributed by atoms with E-state index in [0.717, 1.165) is 45.6 Å². The summed E-state index contributed by atoms with van der Waals surface area (Å²) in [7, 11) is 0. The number of nitrogens with two attached hydrogens (primary N) is 1. The molecule has 0 spiro atoms. The lowest BCUT2D eigenvalue weighted by Crippen LogP contribution is -2.46. The summed E-state index contributed by atoms with van der Waals surface area (Å²) in [6, 6.07) is 7.01. The van der Waals surface area contributed by atoms with E-state index in [1.807, 2.05) is 11.0 Å². The SMILES string of the molecule is CC1CN(CCC2CCN(C(=O)CNc3ccccc3C(N)=O)CC2)CC(C)O1. The van der Waals surface area contributed by atoms with E-state index in [0.29, 0.717) is 29.4 Å². The maximum Gasteiger partial charge on any atom is 0.250 e. The van der Waals surface area contributed by atoms with Gasteiger partial charge in [-0.2, -0.15) is 0 Å². The first-order valence-corrected chi connectivity index (χ1v) is 10.7. The molecule has 2 unspecified atom stereocenters. The molecule has 29 heavy (non-hydrogen) atoms. The molecule has 0 saturated carbocycles. The Kier molecular flexibility index (Phi) is 7.50. The fraction of sp³-hybridized carbons (Fsp3) is 0.636. The van der Waals surface area contributed by atoms with Crippen molar-refractivity contribution >= 4 is 17.5 Å². The van der Waals surface area contributed by atoms with Crippen LogP contribution in [0.3, 0.4) is 0 Å². The lowest BCUT2D eigenvalue weighted by Gasteiger charge is -2.37. The first-order chi connectivity index (χ1) is 13.9. The fourth-order valence-corrected chi connectivity index (χ4v) is 4.44. The van der Waals surface area contributed by atoms with Crippen LogP contribution in [-0.4, -0.2) is 73.1 Å². The van der Waals surface area contributed by atoms with E-state index in [2.05, 4.69) is 24.1 Å². The maximum absolute atomic E-state index is 12.6. The number of nitrogens with one attached hydrogen (secondary N) is 1. The second-order valence-electron chi connectivity index (χ2n) is 8.39. The predicted octanol–water partition coefficient (Wildman–Crippen LogP) is 1.94. The highest BCUT2D eigenvalue weighted by molar-refractivity contribution is 5.99. The average Bonchev–Trinajstić information content (AvgIpc) is 2.70. The van der Waals surface area contributed by atoms with Gasteiger partial charge in [0.25, 0.3) is 5.91 Å². The van der Waals surface area contributed by atoms with Crippen LogP contribution in [0.15, 0.2) is 24.3 Å². The number of primary amides is 1. The molecule has 2 aliphatic heterocycles. The van der Waals surface area contributed by atoms with Crippen molar-refractivity contribution in [3.63, 3.8) is 0 Å². The molecule has 7 heteroatoms. The minimum atomic E-state index is -0.495. The zero-order chi connectivity index (χ0) is 20.8. The van der Waals surface area contributed by atoms with Crippen LogP contribution in [0.25, 0.3) is 0 Å². The van der Waals surface area contributed by atoms with Gasteiger partial charge in [0.2, 0.25) is 5.91 Å². The van der Waals surface area contributed by atoms with Crippen LogP contribution in [0.5, 0.6) is 0 Å². The van der Waals surface area contributed by atoms with Gasteiger partial charge in [0, 0.05) is 31.9 Å². The molecule has 2 fully saturated rings. The van der Waals surface area contributed by atoms with Gasteiger partial charge in [0.1, 0.15) is 0 Å². The van der Waals surface area contributed by atoms with Gasteiger partial charge in [0.15, 0.2) is 0 Å². The third-order valence-electron chi connectivity index (χ3n) is 5.94. The van der Waals surface area contributed by atoms with Crippen LogP contribution >= 0.6 is 0 Å². The number of carbonyl (C=O) groups is 2. The highest BCUT2D eigenvalue weighted by Crippen LogP contribution is 2.22. The third-order valence-corrected chi connectivity index (χ3v) is 5.94. The Morgan fingerprint density at radius 2 is 1.79 bits per heavy atom. The molecule has 2 aliphatic rings. The first-order valence-electron chi connectivity index (χ1n) is 10.7. The monoisotopic (exact) mass is 402 g/mol. The van der Waals surface area contributed by atoms with Crippen LogP contribution in [0.4, 0.5) is 5.69 Å². The number of amides is 2. The summed E-state index contributed by atoms with van der Waals surface area (Å²) in [5.74, 6) is 0.250. The highest BCUT2D eigenvalue weighted by Gasteiger charge is 2.25. The Balaban J connectivity index is 1.39. The minimum absolute atomic E-state index is 0.0681. The molecule has 2 saturated heterocycles. The van der Waals surface area contributed by atoms with Gasteiger partial charge in [-0.15, -0.1) is 0 Å². The quantitative estimate of drug-likeness (QED) is 0.728. The normalized spacial score (nSPS) is 23.7. The maximum atomic E-state index is 12.6. The molecule has 1 aromatic carbocycles. The average molecular weight is 403 g/mol. The Bertz CT molecular complexity index is 693. The second kappa shape index (κ2) is 10.1. The van der Waals surface area contributed by atoms with Crippen LogP contribution in [0, 0.1) is 5.92 Å². The molecule has 1 aromatic rings. The second-order valence-corrected chi connectivity index (χ2v) is 8.39. The topological polar surface area (TPSA) is 87.9 Å². The van der Waals surface area contributed by atoms with E-state index >= 15 is 0 Å². The number of carbonyl (C=O) groups excluding carboxylic acids is 2. The summed E-state index contributed by atoms with van der Waals surface area (Å²) >= 11 is 0. The molecule has 3 N–H and O–H groups in total. The summed E-state index contributed by atoms with van der Waals surface area (Å²) in [4.78, 5) is 28.5. The summed E-state index contributed by atoms with van der Waals surface area (Å²) in [5, 5.41) is 3.07. The van der Waals surface area contributed by atoms with Crippen LogP contribution < -0.4 is 11.1 Å². The number of hydrogen-bond donors (Lipinski definition) is 2. The van der Waals surface area contributed by atoms with Gasteiger partial charge < -0.3 is 20.7 Å². The fourth-order valence-electron chi connectivity index (χ4n) is 4.44. The number of ether oxygens (including phenoxy) is 1. The number of rotatable bonds is 7. The largest absolute Gasteiger partial charge is 0.376 e. The van der Waals surface area contributed by atoms with Crippen molar-refractivity contribution in [1.29, 1.82) is 0 Å². The molecule has 0 aliphatic carbocycles. The Hall–Kier alpha value is -2.12. The van der Waals surface area contributed by atoms with Crippen molar-refractivity contribution < 1.29 is 14.3 Å². The number of piperidine rings is 1. The van der Waals surface area contributed by atoms with Gasteiger partial charge in [-0.3, -0.25) is 14.5 Å². The van der Waals surface area contributed by atoms with Gasteiger partial charge >= 0.3 is 0 Å². The zero-order valence-corrected chi connectivity index (χ0v) is 17.6. The molecule has 3 rings (SSSR count). The number of nitrogens with zero attached hydrogens (tertiary/aromatic N) is 2. The van der Waals surface area contributed by atoms with Crippen LogP contribution in [0.2, 0.25) is 0 Å². The number of likely N-dealkylation sites (tertiary alicyclic amines) is 1. The highest BCUT2D eigenvalue weighted by atomic mass is 16.5. The lowest BCUT2D eigenvalue weighted by atomic mass is 9.93. The number of hydrogen-bond acceptors (Lipinski definition) is 5. The molecular weight excluding hydrogens is 368 g/mol. The van der Waals surface area contributed by atoms with Crippen molar-refractivity contribution in [1.82, 2.24) is 9.80 Å². The van der Waals surface area contributed by atoms with E-state index in [-0.39, 0.29) is 12.5 Å². The van der Waals surface area contributed by atoms with E-state index < -0.39 is 5.91 Å². The van der Waals surface area contributed by atoms with Crippen molar-refractivity contribution in [2.24, 2.45) is 11.7 Å². The summed E-state index contributed by atoms with van der Waals surface area (Å²) in [5.41, 5.74) is 6.41. The predicted molar refractivity (Wildman–Crippen MR) is 114 cm³/mol. The number of para-hydroxylation sites is 1. The number of anilines is 1. The smallest absolute Gasteiger partial charge is 0.250 e. The van der Waals surface area contributed by atoms with Crippen molar-refractivity contribution in [3.8, 4) is 0 Å². The molecule has 0 radical (unpaired) electrons. The van der Waals surface area contributed by atoms with Gasteiger partial charge in [0.05, 0.1) is 24.3 Å². The first kappa shape index (κ1) is 21.6. The summed E-state index contributed by atoms with van der Waals surface area (Å²) in [6.07, 6.45) is 3.92. The standard InChI is InChI=1S/C22H34N4O3/c1-16-14-25(15-17(2)29-16)10-7-18-8-11-26(12-9-18)21(27)13-24-20-6-4-3-5-19(20)22(23)28/h3-6,16-18,24H,7-15H2,1-2H3,(H2,23,28). The van der Waals surface area contributed by atoms with E-state index in [4.69, 9.17) is 10.5 Å². The molecule has 2 heterocycles. The van der Waals surface area contributed by atoms with Crippen molar-refractivity contribution in [3.05, 3.63) is 29.8 Å². The van der Waals surface area contributed by atoms with Crippen LogP contribution in [-0.2, 0) is 9.53 Å².